The number of hydrogen-bond acceptors (Lipinski definition) is 5. The number of aromatic nitrogens is 1. The quantitative estimate of drug-likeness (QED) is 0.447. The van der Waals surface area contributed by atoms with Gasteiger partial charge in [-0.15, -0.1) is 0 Å². The molecule has 6 nitrogen and oxygen atoms in total. The molecule has 37 heavy (non-hydrogen) atoms. The molecule has 0 bridgehead atoms. The highest BCUT2D eigenvalue weighted by molar-refractivity contribution is 6.05. The minimum atomic E-state index is -5.35. The number of aliphatic hydroxyl groups is 1. The van der Waals surface area contributed by atoms with Gasteiger partial charge in [-0.1, -0.05) is 30.8 Å². The molecule has 1 amide bonds. The molecule has 1 unspecified atom stereocenters. The first-order valence-corrected chi connectivity index (χ1v) is 11.4. The Bertz CT molecular complexity index is 1300. The van der Waals surface area contributed by atoms with Crippen molar-refractivity contribution < 1.29 is 36.9 Å². The van der Waals surface area contributed by atoms with Gasteiger partial charge in [0, 0.05) is 23.5 Å². The number of amides is 1. The lowest BCUT2D eigenvalue weighted by atomic mass is 9.89. The van der Waals surface area contributed by atoms with Gasteiger partial charge < -0.3 is 19.5 Å². The number of methoxy groups -OCH3 is 1. The summed E-state index contributed by atoms with van der Waals surface area (Å²) in [6, 6.07) is 15.0. The predicted octanol–water partition coefficient (Wildman–Crippen LogP) is 5.36. The summed E-state index contributed by atoms with van der Waals surface area (Å²) in [4.78, 5) is 18.9. The van der Waals surface area contributed by atoms with Crippen molar-refractivity contribution in [2.24, 2.45) is 0 Å². The number of carbonyl (C=O) groups is 1. The highest BCUT2D eigenvalue weighted by Gasteiger charge is 2.58. The molecule has 2 atom stereocenters. The fraction of sp³-hybridized carbons (Fsp3) is 0.259. The molecule has 0 spiro atoms. The summed E-state index contributed by atoms with van der Waals surface area (Å²) < 4.78 is 66.4. The van der Waals surface area contributed by atoms with Gasteiger partial charge in [-0.2, -0.15) is 13.2 Å². The molecule has 0 aliphatic carbocycles. The summed E-state index contributed by atoms with van der Waals surface area (Å²) in [7, 11) is 1.51. The van der Waals surface area contributed by atoms with Gasteiger partial charge in [-0.3, -0.25) is 9.78 Å². The fourth-order valence-electron chi connectivity index (χ4n) is 4.24. The first-order chi connectivity index (χ1) is 17.5. The lowest BCUT2D eigenvalue weighted by Crippen LogP contribution is -2.43. The summed E-state index contributed by atoms with van der Waals surface area (Å²) in [5.74, 6) is -1.38. The van der Waals surface area contributed by atoms with Crippen LogP contribution in [0.4, 0.5) is 23.2 Å². The Morgan fingerprint density at radius 1 is 1.11 bits per heavy atom. The number of halogens is 4. The van der Waals surface area contributed by atoms with Crippen molar-refractivity contribution in [3.05, 3.63) is 96.1 Å². The van der Waals surface area contributed by atoms with Gasteiger partial charge in [0.15, 0.2) is 0 Å². The van der Waals surface area contributed by atoms with Crippen LogP contribution in [0.2, 0.25) is 0 Å². The summed E-state index contributed by atoms with van der Waals surface area (Å²) in [5.41, 5.74) is -3.87. The van der Waals surface area contributed by atoms with Gasteiger partial charge in [-0.05, 0) is 48.7 Å². The van der Waals surface area contributed by atoms with Crippen LogP contribution in [-0.2, 0) is 12.0 Å². The maximum atomic E-state index is 14.0. The van der Waals surface area contributed by atoms with Crippen molar-refractivity contribution >= 4 is 11.6 Å². The second-order valence-corrected chi connectivity index (χ2v) is 8.54. The predicted molar refractivity (Wildman–Crippen MR) is 128 cm³/mol. The van der Waals surface area contributed by atoms with Crippen molar-refractivity contribution in [3.63, 3.8) is 0 Å². The van der Waals surface area contributed by atoms with Crippen LogP contribution < -0.4 is 14.4 Å². The Kier molecular flexibility index (Phi) is 7.22. The molecule has 0 saturated heterocycles. The van der Waals surface area contributed by atoms with Crippen LogP contribution >= 0.6 is 0 Å². The lowest BCUT2D eigenvalue weighted by Gasteiger charge is -2.30. The molecule has 1 N–H and O–H groups in total. The van der Waals surface area contributed by atoms with Crippen LogP contribution in [0, 0.1) is 0 Å². The lowest BCUT2D eigenvalue weighted by molar-refractivity contribution is -0.255. The summed E-state index contributed by atoms with van der Waals surface area (Å²) in [6.45, 7) is 2.78. The number of benzene rings is 2. The van der Waals surface area contributed by atoms with E-state index >= 15 is 0 Å². The van der Waals surface area contributed by atoms with E-state index in [9.17, 15) is 27.5 Å². The molecule has 194 valence electrons. The molecule has 3 aromatic rings. The fourth-order valence-corrected chi connectivity index (χ4v) is 4.24. The minimum Gasteiger partial charge on any atom is -0.497 e. The summed E-state index contributed by atoms with van der Waals surface area (Å²) >= 11 is 0. The molecule has 1 aliphatic heterocycles. The number of anilines is 1. The van der Waals surface area contributed by atoms with E-state index in [0.717, 1.165) is 12.1 Å². The third-order valence-electron chi connectivity index (χ3n) is 6.19. The normalized spacial score (nSPS) is 17.2. The van der Waals surface area contributed by atoms with E-state index in [2.05, 4.69) is 11.6 Å². The van der Waals surface area contributed by atoms with E-state index in [1.807, 2.05) is 0 Å². The Morgan fingerprint density at radius 3 is 2.51 bits per heavy atom. The van der Waals surface area contributed by atoms with Gasteiger partial charge in [0.25, 0.3) is 5.91 Å². The number of alkyl halides is 3. The topological polar surface area (TPSA) is 71.9 Å². The number of ether oxygens (including phenoxy) is 2. The van der Waals surface area contributed by atoms with Gasteiger partial charge in [0.05, 0.1) is 13.7 Å². The van der Waals surface area contributed by atoms with Crippen molar-refractivity contribution in [3.8, 4) is 11.5 Å². The second kappa shape index (κ2) is 10.2. The SMILES string of the molecule is C=C(F)C(O)(c1ccc2c(c1)CC[C@H](Oc1cccc(OC)c1)CN2C(=O)c1ccccn1)C(F)(F)F. The number of carbonyl (C=O) groups excluding carboxylic acids is 1. The van der Waals surface area contributed by atoms with E-state index < -0.39 is 35.2 Å². The van der Waals surface area contributed by atoms with Crippen molar-refractivity contribution in [1.82, 2.24) is 4.98 Å². The third-order valence-corrected chi connectivity index (χ3v) is 6.19. The van der Waals surface area contributed by atoms with Gasteiger partial charge in [-0.25, -0.2) is 4.39 Å². The molecular formula is C27H24F4N2O4. The van der Waals surface area contributed by atoms with E-state index in [-0.39, 0.29) is 18.7 Å². The van der Waals surface area contributed by atoms with Crippen LogP contribution in [0.15, 0.2) is 79.3 Å². The van der Waals surface area contributed by atoms with Crippen LogP contribution in [0.5, 0.6) is 11.5 Å². The first kappa shape index (κ1) is 26.2. The van der Waals surface area contributed by atoms with Crippen LogP contribution in [0.3, 0.4) is 0 Å². The number of fused-ring (bicyclic) bond motifs is 1. The van der Waals surface area contributed by atoms with Crippen LogP contribution in [0.1, 0.15) is 28.0 Å². The average molecular weight is 516 g/mol. The molecule has 1 aliphatic rings. The van der Waals surface area contributed by atoms with E-state index in [4.69, 9.17) is 9.47 Å². The van der Waals surface area contributed by atoms with E-state index in [1.54, 1.807) is 36.4 Å². The third kappa shape index (κ3) is 5.15. The Morgan fingerprint density at radius 2 is 1.86 bits per heavy atom. The largest absolute Gasteiger partial charge is 0.497 e. The van der Waals surface area contributed by atoms with E-state index in [0.29, 0.717) is 29.2 Å². The zero-order valence-electron chi connectivity index (χ0n) is 19.8. The maximum Gasteiger partial charge on any atom is 0.428 e. The molecule has 0 saturated carbocycles. The number of rotatable bonds is 6. The van der Waals surface area contributed by atoms with E-state index in [1.165, 1.54) is 30.3 Å². The number of nitrogens with zero attached hydrogens (tertiary/aromatic N) is 2. The van der Waals surface area contributed by atoms with Gasteiger partial charge in [0.1, 0.15) is 29.1 Å². The minimum absolute atomic E-state index is 0.0678. The molecule has 2 aromatic carbocycles. The molecule has 4 rings (SSSR count). The Hall–Kier alpha value is -3.92. The molecule has 1 aromatic heterocycles. The Labute approximate surface area is 210 Å². The zero-order chi connectivity index (χ0) is 26.8. The van der Waals surface area contributed by atoms with Gasteiger partial charge in [0.2, 0.25) is 5.60 Å². The van der Waals surface area contributed by atoms with Crippen molar-refractivity contribution in [2.45, 2.75) is 30.7 Å². The molecule has 0 fully saturated rings. The molecule has 2 heterocycles. The maximum absolute atomic E-state index is 14.0. The first-order valence-electron chi connectivity index (χ1n) is 11.4. The van der Waals surface area contributed by atoms with Crippen molar-refractivity contribution in [1.29, 1.82) is 0 Å². The number of aryl methyl sites for hydroxylation is 1. The highest BCUT2D eigenvalue weighted by atomic mass is 19.4. The monoisotopic (exact) mass is 516 g/mol. The number of hydrogen-bond donors (Lipinski definition) is 1. The van der Waals surface area contributed by atoms with Gasteiger partial charge >= 0.3 is 6.18 Å². The molecule has 0 radical (unpaired) electrons. The van der Waals surface area contributed by atoms with Crippen molar-refractivity contribution in [2.75, 3.05) is 18.6 Å². The van der Waals surface area contributed by atoms with Crippen LogP contribution in [-0.4, -0.2) is 41.9 Å². The standard InChI is InChI=1S/C27H24F4N2O4/c1-17(28)26(35,27(29,30)31)19-10-12-24-18(14-19)9-11-22(37-21-7-5-6-20(15-21)36-2)16-33(24)25(34)23-8-3-4-13-32-23/h3-8,10,12-15,22,35H,1,9,11,16H2,2H3/t22-,26?/m0/s1. The number of pyridine rings is 1. The summed E-state index contributed by atoms with van der Waals surface area (Å²) in [6.07, 6.45) is -3.93. The second-order valence-electron chi connectivity index (χ2n) is 8.54. The highest BCUT2D eigenvalue weighted by Crippen LogP contribution is 2.45. The Balaban J connectivity index is 1.75. The smallest absolute Gasteiger partial charge is 0.428 e. The van der Waals surface area contributed by atoms with Crippen LogP contribution in [0.25, 0.3) is 0 Å². The molecule has 10 heteroatoms. The zero-order valence-corrected chi connectivity index (χ0v) is 19.8. The average Bonchev–Trinajstić information content (AvgIpc) is 3.06. The summed E-state index contributed by atoms with van der Waals surface area (Å²) in [5, 5.41) is 10.3. The molecular weight excluding hydrogens is 492 g/mol.